The first-order chi connectivity index (χ1) is 11.0. The van der Waals surface area contributed by atoms with E-state index in [1.165, 1.54) is 0 Å². The lowest BCUT2D eigenvalue weighted by atomic mass is 10.0. The molecule has 0 radical (unpaired) electrons. The maximum absolute atomic E-state index is 12.4. The van der Waals surface area contributed by atoms with Gasteiger partial charge in [-0.2, -0.15) is 5.10 Å². The standard InChI is InChI=1S/C18H16N2O3/c1-12-5-4-6-13(9-12)10-16-14-7-2-3-8-15(14)18(23)20(19-16)11-17(21)22/h2-9H,10-11H2,1H3,(H,21,22). The number of hydrogen-bond acceptors (Lipinski definition) is 3. The van der Waals surface area contributed by atoms with E-state index in [9.17, 15) is 9.59 Å². The summed E-state index contributed by atoms with van der Waals surface area (Å²) in [4.78, 5) is 23.3. The quantitative estimate of drug-likeness (QED) is 0.803. The topological polar surface area (TPSA) is 72.2 Å². The van der Waals surface area contributed by atoms with E-state index >= 15 is 0 Å². The van der Waals surface area contributed by atoms with Crippen LogP contribution in [0.1, 0.15) is 16.8 Å². The Morgan fingerprint density at radius 3 is 2.57 bits per heavy atom. The fourth-order valence-electron chi connectivity index (χ4n) is 2.69. The monoisotopic (exact) mass is 308 g/mol. The Morgan fingerprint density at radius 1 is 1.13 bits per heavy atom. The summed E-state index contributed by atoms with van der Waals surface area (Å²) in [5, 5.41) is 14.5. The van der Waals surface area contributed by atoms with Crippen LogP contribution in [-0.4, -0.2) is 20.9 Å². The van der Waals surface area contributed by atoms with Crippen LogP contribution in [0.5, 0.6) is 0 Å². The van der Waals surface area contributed by atoms with Crippen LogP contribution in [0.25, 0.3) is 10.8 Å². The summed E-state index contributed by atoms with van der Waals surface area (Å²) in [6, 6.07) is 15.2. The highest BCUT2D eigenvalue weighted by Crippen LogP contribution is 2.17. The maximum Gasteiger partial charge on any atom is 0.325 e. The molecule has 0 saturated carbocycles. The number of carboxylic acids is 1. The van der Waals surface area contributed by atoms with Gasteiger partial charge in [0.25, 0.3) is 5.56 Å². The second-order valence-electron chi connectivity index (χ2n) is 5.51. The zero-order valence-electron chi connectivity index (χ0n) is 12.7. The summed E-state index contributed by atoms with van der Waals surface area (Å²) >= 11 is 0. The van der Waals surface area contributed by atoms with Crippen molar-refractivity contribution in [2.75, 3.05) is 0 Å². The van der Waals surface area contributed by atoms with Gasteiger partial charge in [0.1, 0.15) is 6.54 Å². The average Bonchev–Trinajstić information content (AvgIpc) is 2.51. The van der Waals surface area contributed by atoms with Crippen molar-refractivity contribution in [3.8, 4) is 0 Å². The number of aliphatic carboxylic acids is 1. The molecule has 0 aliphatic carbocycles. The lowest BCUT2D eigenvalue weighted by Gasteiger charge is -2.10. The molecule has 1 aromatic heterocycles. The maximum atomic E-state index is 12.4. The molecule has 0 fully saturated rings. The molecule has 116 valence electrons. The molecule has 23 heavy (non-hydrogen) atoms. The molecule has 5 nitrogen and oxygen atoms in total. The van der Waals surface area contributed by atoms with Crippen molar-refractivity contribution in [2.24, 2.45) is 0 Å². The molecule has 0 bridgehead atoms. The SMILES string of the molecule is Cc1cccc(Cc2nn(CC(=O)O)c(=O)c3ccccc23)c1. The van der Waals surface area contributed by atoms with E-state index < -0.39 is 12.5 Å². The highest BCUT2D eigenvalue weighted by Gasteiger charge is 2.12. The lowest BCUT2D eigenvalue weighted by molar-refractivity contribution is -0.138. The number of aryl methyl sites for hydroxylation is 1. The molecule has 0 amide bonds. The van der Waals surface area contributed by atoms with E-state index in [0.29, 0.717) is 17.5 Å². The lowest BCUT2D eigenvalue weighted by Crippen LogP contribution is -2.28. The van der Waals surface area contributed by atoms with Gasteiger partial charge in [0.2, 0.25) is 0 Å². The van der Waals surface area contributed by atoms with Gasteiger partial charge < -0.3 is 5.11 Å². The number of benzene rings is 2. The van der Waals surface area contributed by atoms with Crippen LogP contribution in [-0.2, 0) is 17.8 Å². The van der Waals surface area contributed by atoms with Crippen molar-refractivity contribution in [1.29, 1.82) is 0 Å². The first kappa shape index (κ1) is 15.0. The van der Waals surface area contributed by atoms with Crippen LogP contribution in [0.4, 0.5) is 0 Å². The van der Waals surface area contributed by atoms with Crippen molar-refractivity contribution >= 4 is 16.7 Å². The van der Waals surface area contributed by atoms with Crippen LogP contribution in [0, 0.1) is 6.92 Å². The van der Waals surface area contributed by atoms with Gasteiger partial charge in [-0.3, -0.25) is 9.59 Å². The van der Waals surface area contributed by atoms with E-state index in [2.05, 4.69) is 11.2 Å². The number of carbonyl (C=O) groups is 1. The molecule has 0 atom stereocenters. The van der Waals surface area contributed by atoms with Gasteiger partial charge in [-0.05, 0) is 18.6 Å². The van der Waals surface area contributed by atoms with Crippen LogP contribution in [0.15, 0.2) is 53.3 Å². The van der Waals surface area contributed by atoms with Crippen LogP contribution < -0.4 is 5.56 Å². The summed E-state index contributed by atoms with van der Waals surface area (Å²) in [5.74, 6) is -1.09. The Balaban J connectivity index is 2.16. The minimum absolute atomic E-state index is 0.379. The highest BCUT2D eigenvalue weighted by molar-refractivity contribution is 5.84. The number of nitrogens with zero attached hydrogens (tertiary/aromatic N) is 2. The molecule has 0 spiro atoms. The van der Waals surface area contributed by atoms with Gasteiger partial charge in [-0.25, -0.2) is 4.68 Å². The molecular weight excluding hydrogens is 292 g/mol. The number of hydrogen-bond donors (Lipinski definition) is 1. The molecule has 0 aliphatic rings. The fraction of sp³-hybridized carbons (Fsp3) is 0.167. The summed E-state index contributed by atoms with van der Waals surface area (Å²) in [5.41, 5.74) is 2.54. The van der Waals surface area contributed by atoms with Gasteiger partial charge in [0.15, 0.2) is 0 Å². The average molecular weight is 308 g/mol. The first-order valence-corrected chi connectivity index (χ1v) is 7.30. The number of rotatable bonds is 4. The van der Waals surface area contributed by atoms with Gasteiger partial charge >= 0.3 is 5.97 Å². The van der Waals surface area contributed by atoms with Gasteiger partial charge in [0.05, 0.1) is 11.1 Å². The molecule has 3 aromatic rings. The van der Waals surface area contributed by atoms with Crippen molar-refractivity contribution in [1.82, 2.24) is 9.78 Å². The zero-order valence-corrected chi connectivity index (χ0v) is 12.7. The van der Waals surface area contributed by atoms with E-state index in [4.69, 9.17) is 5.11 Å². The van der Waals surface area contributed by atoms with E-state index in [1.807, 2.05) is 37.3 Å². The number of fused-ring (bicyclic) bond motifs is 1. The molecule has 1 heterocycles. The summed E-state index contributed by atoms with van der Waals surface area (Å²) < 4.78 is 1.02. The molecule has 0 saturated heterocycles. The Hall–Kier alpha value is -2.95. The second kappa shape index (κ2) is 6.04. The zero-order chi connectivity index (χ0) is 16.4. The molecule has 1 N–H and O–H groups in total. The van der Waals surface area contributed by atoms with E-state index in [0.717, 1.165) is 21.2 Å². The van der Waals surface area contributed by atoms with E-state index in [-0.39, 0.29) is 5.56 Å². The van der Waals surface area contributed by atoms with Crippen LogP contribution in [0.2, 0.25) is 0 Å². The van der Waals surface area contributed by atoms with Crippen molar-refractivity contribution in [3.63, 3.8) is 0 Å². The molecule has 5 heteroatoms. The Labute approximate surface area is 132 Å². The molecule has 0 aliphatic heterocycles. The smallest absolute Gasteiger partial charge is 0.325 e. The van der Waals surface area contributed by atoms with Gasteiger partial charge in [0, 0.05) is 11.8 Å². The third-order valence-electron chi connectivity index (χ3n) is 3.68. The third-order valence-corrected chi connectivity index (χ3v) is 3.68. The second-order valence-corrected chi connectivity index (χ2v) is 5.51. The van der Waals surface area contributed by atoms with Crippen molar-refractivity contribution < 1.29 is 9.90 Å². The predicted octanol–water partition coefficient (Wildman–Crippen LogP) is 2.38. The summed E-state index contributed by atoms with van der Waals surface area (Å²) in [7, 11) is 0. The minimum Gasteiger partial charge on any atom is -0.480 e. The Morgan fingerprint density at radius 2 is 1.87 bits per heavy atom. The molecule has 2 aromatic carbocycles. The summed E-state index contributed by atoms with van der Waals surface area (Å²) in [6.07, 6.45) is 0.544. The fourth-order valence-corrected chi connectivity index (χ4v) is 2.69. The van der Waals surface area contributed by atoms with Crippen LogP contribution in [0.3, 0.4) is 0 Å². The van der Waals surface area contributed by atoms with Gasteiger partial charge in [-0.1, -0.05) is 48.0 Å². The molecule has 3 rings (SSSR count). The minimum atomic E-state index is -1.09. The normalized spacial score (nSPS) is 10.8. The highest BCUT2D eigenvalue weighted by atomic mass is 16.4. The van der Waals surface area contributed by atoms with Crippen LogP contribution >= 0.6 is 0 Å². The Kier molecular flexibility index (Phi) is 3.93. The number of carboxylic acid groups (broad SMARTS) is 1. The predicted molar refractivity (Wildman–Crippen MR) is 87.6 cm³/mol. The first-order valence-electron chi connectivity index (χ1n) is 7.30. The van der Waals surface area contributed by atoms with Crippen molar-refractivity contribution in [2.45, 2.75) is 19.9 Å². The van der Waals surface area contributed by atoms with Gasteiger partial charge in [-0.15, -0.1) is 0 Å². The Bertz CT molecular complexity index is 944. The molecular formula is C18H16N2O3. The largest absolute Gasteiger partial charge is 0.480 e. The van der Waals surface area contributed by atoms with Crippen molar-refractivity contribution in [3.05, 3.63) is 75.7 Å². The van der Waals surface area contributed by atoms with E-state index in [1.54, 1.807) is 12.1 Å². The molecule has 0 unspecified atom stereocenters. The third kappa shape index (κ3) is 3.13. The number of aromatic nitrogens is 2. The summed E-state index contributed by atoms with van der Waals surface area (Å²) in [6.45, 7) is 1.57.